The maximum atomic E-state index is 10.8. The molecule has 1 aromatic rings. The molecule has 0 aliphatic heterocycles. The van der Waals surface area contributed by atoms with Crippen molar-refractivity contribution in [2.24, 2.45) is 0 Å². The Bertz CT molecular complexity index is 434. The van der Waals surface area contributed by atoms with Crippen molar-refractivity contribution >= 4 is 17.7 Å². The number of nitrogens with one attached hydrogen (secondary N) is 1. The number of carboxylic acid groups (broad SMARTS) is 1. The highest BCUT2D eigenvalue weighted by atomic mass is 16.5. The smallest absolute Gasteiger partial charge is 0.339 e. The van der Waals surface area contributed by atoms with E-state index in [1.165, 1.54) is 23.8 Å². The summed E-state index contributed by atoms with van der Waals surface area (Å²) in [5.41, 5.74) is 7.31. The summed E-state index contributed by atoms with van der Waals surface area (Å²) >= 11 is 0. The molecule has 7 nitrogen and oxygen atoms in total. The van der Waals surface area contributed by atoms with Gasteiger partial charge in [-0.05, 0) is 12.5 Å². The Morgan fingerprint density at radius 3 is 2.71 bits per heavy atom. The molecule has 0 fully saturated rings. The van der Waals surface area contributed by atoms with Gasteiger partial charge in [0.05, 0.1) is 12.1 Å². The van der Waals surface area contributed by atoms with Crippen LogP contribution in [0.25, 0.3) is 0 Å². The first-order chi connectivity index (χ1) is 8.04. The van der Waals surface area contributed by atoms with E-state index in [-0.39, 0.29) is 12.0 Å². The molecule has 0 bridgehead atoms. The van der Waals surface area contributed by atoms with Crippen LogP contribution in [-0.2, 0) is 11.3 Å². The van der Waals surface area contributed by atoms with E-state index in [9.17, 15) is 9.59 Å². The van der Waals surface area contributed by atoms with Crippen LogP contribution in [0, 0.1) is 0 Å². The van der Waals surface area contributed by atoms with Crippen LogP contribution in [0.2, 0.25) is 0 Å². The van der Waals surface area contributed by atoms with E-state index in [2.05, 4.69) is 0 Å². The highest BCUT2D eigenvalue weighted by molar-refractivity contribution is 5.86. The molecule has 0 aliphatic carbocycles. The van der Waals surface area contributed by atoms with Crippen molar-refractivity contribution in [1.82, 2.24) is 5.48 Å². The van der Waals surface area contributed by atoms with Crippen LogP contribution < -0.4 is 15.8 Å². The Morgan fingerprint density at radius 2 is 2.12 bits per heavy atom. The molecule has 1 amide bonds. The number of aromatic nitrogens is 1. The van der Waals surface area contributed by atoms with Crippen LogP contribution in [0.1, 0.15) is 23.2 Å². The molecule has 5 N–H and O–H groups in total. The van der Waals surface area contributed by atoms with Gasteiger partial charge >= 0.3 is 5.97 Å². The second kappa shape index (κ2) is 5.80. The number of hydroxylamine groups is 1. The van der Waals surface area contributed by atoms with Crippen molar-refractivity contribution in [3.8, 4) is 0 Å². The summed E-state index contributed by atoms with van der Waals surface area (Å²) < 4.78 is 1.55. The van der Waals surface area contributed by atoms with Crippen molar-refractivity contribution in [3.63, 3.8) is 0 Å². The largest absolute Gasteiger partial charge is 0.478 e. The molecular formula is C10H14N3O4+. The number of rotatable bonds is 5. The van der Waals surface area contributed by atoms with Crippen molar-refractivity contribution in [1.29, 1.82) is 0 Å². The Balaban J connectivity index is 2.66. The highest BCUT2D eigenvalue weighted by Crippen LogP contribution is 2.01. The number of pyridine rings is 1. The molecule has 1 heterocycles. The first-order valence-corrected chi connectivity index (χ1v) is 5.00. The van der Waals surface area contributed by atoms with Gasteiger partial charge in [0.1, 0.15) is 6.20 Å². The molecule has 0 aliphatic rings. The summed E-state index contributed by atoms with van der Waals surface area (Å²) in [4.78, 5) is 21.5. The summed E-state index contributed by atoms with van der Waals surface area (Å²) in [6.07, 6.45) is 2.00. The molecule has 0 atom stereocenters. The molecule has 1 rings (SSSR count). The van der Waals surface area contributed by atoms with Crippen LogP contribution >= 0.6 is 0 Å². The third-order valence-corrected chi connectivity index (χ3v) is 2.23. The Morgan fingerprint density at radius 1 is 1.41 bits per heavy atom. The fourth-order valence-electron chi connectivity index (χ4n) is 1.34. The number of nitrogens with two attached hydrogens (primary N) is 1. The van der Waals surface area contributed by atoms with Gasteiger partial charge in [0.15, 0.2) is 0 Å². The number of aromatic carboxylic acids is 1. The van der Waals surface area contributed by atoms with Crippen molar-refractivity contribution in [2.75, 3.05) is 5.73 Å². The first-order valence-electron chi connectivity index (χ1n) is 5.00. The summed E-state index contributed by atoms with van der Waals surface area (Å²) in [5.74, 6) is -1.11. The van der Waals surface area contributed by atoms with Gasteiger partial charge in [-0.15, -0.1) is 0 Å². The number of hydrogen-bond acceptors (Lipinski definition) is 4. The SMILES string of the molecule is Nc1ccc(C(=O)O)c[n+]1CCCC(=O)NO. The maximum absolute atomic E-state index is 10.8. The van der Waals surface area contributed by atoms with E-state index in [0.717, 1.165) is 0 Å². The van der Waals surface area contributed by atoms with E-state index in [1.54, 1.807) is 4.57 Å². The van der Waals surface area contributed by atoms with Gasteiger partial charge in [0.2, 0.25) is 5.91 Å². The topological polar surface area (TPSA) is 117 Å². The third kappa shape index (κ3) is 3.72. The van der Waals surface area contributed by atoms with Gasteiger partial charge in [-0.1, -0.05) is 0 Å². The fraction of sp³-hybridized carbons (Fsp3) is 0.300. The van der Waals surface area contributed by atoms with E-state index in [0.29, 0.717) is 18.8 Å². The average molecular weight is 240 g/mol. The lowest BCUT2D eigenvalue weighted by Gasteiger charge is -2.03. The molecule has 0 aromatic carbocycles. The number of nitrogen functional groups attached to an aromatic ring is 1. The Kier molecular flexibility index (Phi) is 4.41. The summed E-state index contributed by atoms with van der Waals surface area (Å²) in [6, 6.07) is 2.91. The molecule has 0 spiro atoms. The van der Waals surface area contributed by atoms with Crippen LogP contribution in [-0.4, -0.2) is 22.2 Å². The highest BCUT2D eigenvalue weighted by Gasteiger charge is 2.10. The van der Waals surface area contributed by atoms with Crippen LogP contribution in [0.3, 0.4) is 0 Å². The zero-order valence-corrected chi connectivity index (χ0v) is 9.09. The zero-order chi connectivity index (χ0) is 12.8. The molecule has 0 unspecified atom stereocenters. The lowest BCUT2D eigenvalue weighted by Crippen LogP contribution is -2.38. The van der Waals surface area contributed by atoms with E-state index in [1.807, 2.05) is 0 Å². The number of aryl methyl sites for hydroxylation is 1. The summed E-state index contributed by atoms with van der Waals surface area (Å²) in [7, 11) is 0. The number of hydrogen-bond donors (Lipinski definition) is 4. The van der Waals surface area contributed by atoms with Gasteiger partial charge in [0, 0.05) is 12.5 Å². The minimum absolute atomic E-state index is 0.130. The monoisotopic (exact) mass is 240 g/mol. The lowest BCUT2D eigenvalue weighted by molar-refractivity contribution is -0.683. The molecule has 1 aromatic heterocycles. The van der Waals surface area contributed by atoms with E-state index >= 15 is 0 Å². The molecular weight excluding hydrogens is 226 g/mol. The normalized spacial score (nSPS) is 9.94. The van der Waals surface area contributed by atoms with Gasteiger partial charge < -0.3 is 5.11 Å². The fourth-order valence-corrected chi connectivity index (χ4v) is 1.34. The number of carbonyl (C=O) groups excluding carboxylic acids is 1. The molecule has 17 heavy (non-hydrogen) atoms. The number of nitrogens with zero attached hydrogens (tertiary/aromatic N) is 1. The summed E-state index contributed by atoms with van der Waals surface area (Å²) in [5, 5.41) is 17.1. The standard InChI is InChI=1S/C10H13N3O4/c11-8-4-3-7(10(15)16)6-13(8)5-1-2-9(14)12-17/h3-4,6,11H,1-2,5H2,(H3,12,14,15,16,17)/p+1. The quantitative estimate of drug-likeness (QED) is 0.315. The van der Waals surface area contributed by atoms with E-state index in [4.69, 9.17) is 16.0 Å². The maximum Gasteiger partial charge on any atom is 0.339 e. The molecule has 7 heteroatoms. The first kappa shape index (κ1) is 12.9. The van der Waals surface area contributed by atoms with Gasteiger partial charge in [0.25, 0.3) is 5.82 Å². The average Bonchev–Trinajstić information content (AvgIpc) is 2.30. The minimum atomic E-state index is -1.04. The van der Waals surface area contributed by atoms with Crippen molar-refractivity contribution in [3.05, 3.63) is 23.9 Å². The number of carboxylic acids is 1. The second-order valence-electron chi connectivity index (χ2n) is 3.48. The lowest BCUT2D eigenvalue weighted by atomic mass is 10.2. The van der Waals surface area contributed by atoms with Gasteiger partial charge in [-0.2, -0.15) is 0 Å². The second-order valence-corrected chi connectivity index (χ2v) is 3.48. The molecule has 0 saturated carbocycles. The summed E-state index contributed by atoms with van der Waals surface area (Å²) in [6.45, 7) is 0.403. The van der Waals surface area contributed by atoms with Crippen molar-refractivity contribution < 1.29 is 24.5 Å². The van der Waals surface area contributed by atoms with E-state index < -0.39 is 11.9 Å². The molecule has 0 radical (unpaired) electrons. The van der Waals surface area contributed by atoms with Gasteiger partial charge in [-0.25, -0.2) is 14.8 Å². The number of amides is 1. The Labute approximate surface area is 97.4 Å². The van der Waals surface area contributed by atoms with Crippen LogP contribution in [0.5, 0.6) is 0 Å². The third-order valence-electron chi connectivity index (χ3n) is 2.23. The van der Waals surface area contributed by atoms with Crippen molar-refractivity contribution in [2.45, 2.75) is 19.4 Å². The van der Waals surface area contributed by atoms with Gasteiger partial charge in [-0.3, -0.25) is 15.7 Å². The molecule has 0 saturated heterocycles. The predicted octanol–water partition coefficient (Wildman–Crippen LogP) is -0.460. The number of anilines is 1. The predicted molar refractivity (Wildman–Crippen MR) is 57.2 cm³/mol. The molecule has 92 valence electrons. The van der Waals surface area contributed by atoms with Crippen LogP contribution in [0.15, 0.2) is 18.3 Å². The Hall–Kier alpha value is -2.15. The zero-order valence-electron chi connectivity index (χ0n) is 9.09. The minimum Gasteiger partial charge on any atom is -0.478 e. The number of carbonyl (C=O) groups is 2. The van der Waals surface area contributed by atoms with Crippen LogP contribution in [0.4, 0.5) is 5.82 Å².